The van der Waals surface area contributed by atoms with Crippen LogP contribution in [0.15, 0.2) is 36.5 Å². The number of rotatable bonds is 7. The van der Waals surface area contributed by atoms with Crippen molar-refractivity contribution in [2.45, 2.75) is 45.3 Å². The standard InChI is InChI=1S/C23H27ClFN5O2/c1-3-28(17-7-8-17)10-4-5-22(31)29-13-15(2)30-20(12-26-21(30)14-29)23(32)27-19-9-6-16(25)11-18(19)24/h4-6,9,11-12,15,17H,3,7-8,10,13-14H2,1-2H3,(H,27,32)/b5-4+/t15-/m1/s1. The van der Waals surface area contributed by atoms with Crippen LogP contribution in [0.1, 0.15) is 49.0 Å². The number of hydrogen-bond acceptors (Lipinski definition) is 4. The van der Waals surface area contributed by atoms with E-state index in [0.29, 0.717) is 36.3 Å². The first-order valence-corrected chi connectivity index (χ1v) is 11.3. The predicted molar refractivity (Wildman–Crippen MR) is 121 cm³/mol. The van der Waals surface area contributed by atoms with Crippen molar-refractivity contribution in [2.24, 2.45) is 0 Å². The molecule has 1 aliphatic heterocycles. The fourth-order valence-corrected chi connectivity index (χ4v) is 4.34. The molecule has 0 saturated heterocycles. The van der Waals surface area contributed by atoms with Gasteiger partial charge in [0.1, 0.15) is 17.3 Å². The van der Waals surface area contributed by atoms with E-state index in [0.717, 1.165) is 19.2 Å². The lowest BCUT2D eigenvalue weighted by Gasteiger charge is -2.32. The van der Waals surface area contributed by atoms with E-state index < -0.39 is 5.82 Å². The summed E-state index contributed by atoms with van der Waals surface area (Å²) in [6.07, 6.45) is 7.55. The maximum absolute atomic E-state index is 13.3. The highest BCUT2D eigenvalue weighted by molar-refractivity contribution is 6.33. The summed E-state index contributed by atoms with van der Waals surface area (Å²) in [5.74, 6) is -0.267. The second-order valence-corrected chi connectivity index (χ2v) is 8.70. The molecule has 9 heteroatoms. The fraction of sp³-hybridized carbons (Fsp3) is 0.435. The number of benzene rings is 1. The van der Waals surface area contributed by atoms with Gasteiger partial charge in [0.15, 0.2) is 0 Å². The normalized spacial score (nSPS) is 18.3. The van der Waals surface area contributed by atoms with Crippen molar-refractivity contribution in [3.63, 3.8) is 0 Å². The Labute approximate surface area is 191 Å². The first kappa shape index (κ1) is 22.5. The third-order valence-electron chi connectivity index (χ3n) is 5.92. The van der Waals surface area contributed by atoms with Gasteiger partial charge < -0.3 is 14.8 Å². The van der Waals surface area contributed by atoms with Gasteiger partial charge in [-0.2, -0.15) is 0 Å². The molecule has 1 aliphatic carbocycles. The lowest BCUT2D eigenvalue weighted by Crippen LogP contribution is -2.40. The summed E-state index contributed by atoms with van der Waals surface area (Å²) in [6, 6.07) is 4.34. The average molecular weight is 460 g/mol. The number of carbonyl (C=O) groups is 2. The van der Waals surface area contributed by atoms with Crippen LogP contribution in [-0.4, -0.2) is 56.8 Å². The Hall–Kier alpha value is -2.71. The number of nitrogens with one attached hydrogen (secondary N) is 1. The zero-order valence-electron chi connectivity index (χ0n) is 18.2. The summed E-state index contributed by atoms with van der Waals surface area (Å²) in [5, 5.41) is 2.83. The molecule has 0 unspecified atom stereocenters. The van der Waals surface area contributed by atoms with Crippen molar-refractivity contribution in [3.8, 4) is 0 Å². The molecule has 2 amide bonds. The van der Waals surface area contributed by atoms with Crippen molar-refractivity contribution >= 4 is 29.1 Å². The second-order valence-electron chi connectivity index (χ2n) is 8.30. The number of imidazole rings is 1. The Bertz CT molecular complexity index is 1050. The van der Waals surface area contributed by atoms with Gasteiger partial charge in [-0.25, -0.2) is 9.37 Å². The van der Waals surface area contributed by atoms with E-state index in [-0.39, 0.29) is 22.9 Å². The fourth-order valence-electron chi connectivity index (χ4n) is 4.13. The van der Waals surface area contributed by atoms with Crippen molar-refractivity contribution in [3.05, 3.63) is 58.9 Å². The first-order chi connectivity index (χ1) is 15.4. The largest absolute Gasteiger partial charge is 0.330 e. The summed E-state index contributed by atoms with van der Waals surface area (Å²) in [7, 11) is 0. The monoisotopic (exact) mass is 459 g/mol. The van der Waals surface area contributed by atoms with Crippen molar-refractivity contribution in [2.75, 3.05) is 25.0 Å². The molecule has 2 heterocycles. The zero-order valence-corrected chi connectivity index (χ0v) is 19.0. The van der Waals surface area contributed by atoms with Gasteiger partial charge in [0.25, 0.3) is 5.91 Å². The molecule has 1 N–H and O–H groups in total. The number of nitrogens with zero attached hydrogens (tertiary/aromatic N) is 4. The van der Waals surface area contributed by atoms with Gasteiger partial charge in [-0.15, -0.1) is 0 Å². The van der Waals surface area contributed by atoms with E-state index in [1.807, 2.05) is 17.6 Å². The molecule has 7 nitrogen and oxygen atoms in total. The van der Waals surface area contributed by atoms with Crippen LogP contribution < -0.4 is 5.32 Å². The molecule has 32 heavy (non-hydrogen) atoms. The van der Waals surface area contributed by atoms with E-state index in [4.69, 9.17) is 11.6 Å². The van der Waals surface area contributed by atoms with E-state index >= 15 is 0 Å². The molecule has 0 bridgehead atoms. The molecule has 1 atom stereocenters. The van der Waals surface area contributed by atoms with Crippen molar-refractivity contribution in [1.82, 2.24) is 19.4 Å². The van der Waals surface area contributed by atoms with Crippen LogP contribution in [-0.2, 0) is 11.3 Å². The Morgan fingerprint density at radius 1 is 1.38 bits per heavy atom. The molecule has 4 rings (SSSR count). The minimum Gasteiger partial charge on any atom is -0.330 e. The highest BCUT2D eigenvalue weighted by Crippen LogP contribution is 2.27. The van der Waals surface area contributed by atoms with Crippen LogP contribution in [0.5, 0.6) is 0 Å². The molecule has 170 valence electrons. The molecule has 1 aromatic carbocycles. The average Bonchev–Trinajstić information content (AvgIpc) is 3.50. The van der Waals surface area contributed by atoms with Crippen molar-refractivity contribution in [1.29, 1.82) is 0 Å². The lowest BCUT2D eigenvalue weighted by molar-refractivity contribution is -0.128. The number of likely N-dealkylation sites (N-methyl/N-ethyl adjacent to an activating group) is 1. The van der Waals surface area contributed by atoms with Gasteiger partial charge in [0.2, 0.25) is 5.91 Å². The number of fused-ring (bicyclic) bond motifs is 1. The van der Waals surface area contributed by atoms with Gasteiger partial charge in [-0.3, -0.25) is 14.5 Å². The van der Waals surface area contributed by atoms with Gasteiger partial charge >= 0.3 is 0 Å². The summed E-state index contributed by atoms with van der Waals surface area (Å²) in [6.45, 7) is 6.65. The van der Waals surface area contributed by atoms with Crippen LogP contribution in [0.3, 0.4) is 0 Å². The molecule has 1 fully saturated rings. The van der Waals surface area contributed by atoms with Crippen LogP contribution in [0.2, 0.25) is 5.02 Å². The van der Waals surface area contributed by atoms with E-state index in [1.54, 1.807) is 11.0 Å². The number of hydrogen-bond donors (Lipinski definition) is 1. The second kappa shape index (κ2) is 9.42. The summed E-state index contributed by atoms with van der Waals surface area (Å²) in [4.78, 5) is 34.0. The summed E-state index contributed by atoms with van der Waals surface area (Å²) in [5.41, 5.74) is 0.699. The number of anilines is 1. The van der Waals surface area contributed by atoms with Crippen molar-refractivity contribution < 1.29 is 14.0 Å². The maximum atomic E-state index is 13.3. The zero-order chi connectivity index (χ0) is 22.8. The lowest BCUT2D eigenvalue weighted by atomic mass is 10.2. The SMILES string of the molecule is CCN(C/C=C/C(=O)N1Cc2ncc(C(=O)Nc3ccc(F)cc3Cl)n2[C@H](C)C1)C1CC1. The Morgan fingerprint density at radius 2 is 2.16 bits per heavy atom. The third-order valence-corrected chi connectivity index (χ3v) is 6.24. The number of carbonyl (C=O) groups excluding carboxylic acids is 2. The number of halogens is 2. The summed E-state index contributed by atoms with van der Waals surface area (Å²) >= 11 is 6.02. The quantitative estimate of drug-likeness (QED) is 0.638. The molecule has 2 aliphatic rings. The minimum absolute atomic E-state index is 0.0537. The highest BCUT2D eigenvalue weighted by Gasteiger charge is 2.30. The van der Waals surface area contributed by atoms with Crippen LogP contribution in [0.25, 0.3) is 0 Å². The van der Waals surface area contributed by atoms with Gasteiger partial charge in [0, 0.05) is 25.2 Å². The Balaban J connectivity index is 1.42. The molecule has 1 saturated carbocycles. The maximum Gasteiger partial charge on any atom is 0.273 e. The Kier molecular flexibility index (Phi) is 6.62. The van der Waals surface area contributed by atoms with Gasteiger partial charge in [-0.1, -0.05) is 24.6 Å². The van der Waals surface area contributed by atoms with E-state index in [1.165, 1.54) is 31.2 Å². The minimum atomic E-state index is -0.475. The molecule has 0 spiro atoms. The topological polar surface area (TPSA) is 70.5 Å². The third kappa shape index (κ3) is 4.86. The molecule has 2 aromatic rings. The van der Waals surface area contributed by atoms with Gasteiger partial charge in [-0.05, 0) is 44.5 Å². The molecule has 1 aromatic heterocycles. The molecular formula is C23H27ClFN5O2. The van der Waals surface area contributed by atoms with Crippen LogP contribution in [0, 0.1) is 5.82 Å². The molecular weight excluding hydrogens is 433 g/mol. The van der Waals surface area contributed by atoms with E-state index in [9.17, 15) is 14.0 Å². The smallest absolute Gasteiger partial charge is 0.273 e. The highest BCUT2D eigenvalue weighted by atomic mass is 35.5. The molecule has 0 radical (unpaired) electrons. The van der Waals surface area contributed by atoms with Crippen LogP contribution >= 0.6 is 11.6 Å². The number of aromatic nitrogens is 2. The number of amides is 2. The van der Waals surface area contributed by atoms with Crippen LogP contribution in [0.4, 0.5) is 10.1 Å². The van der Waals surface area contributed by atoms with E-state index in [2.05, 4.69) is 22.1 Å². The summed E-state index contributed by atoms with van der Waals surface area (Å²) < 4.78 is 15.1. The first-order valence-electron chi connectivity index (χ1n) is 10.9. The predicted octanol–water partition coefficient (Wildman–Crippen LogP) is 3.87. The van der Waals surface area contributed by atoms with Gasteiger partial charge in [0.05, 0.1) is 29.5 Å². The Morgan fingerprint density at radius 3 is 2.84 bits per heavy atom.